The summed E-state index contributed by atoms with van der Waals surface area (Å²) in [5, 5.41) is 5.06. The second-order valence-corrected chi connectivity index (χ2v) is 7.23. The molecule has 0 bridgehead atoms. The summed E-state index contributed by atoms with van der Waals surface area (Å²) < 4.78 is 0. The molecule has 1 fully saturated rings. The largest absolute Gasteiger partial charge is 0.313 e. The predicted octanol–water partition coefficient (Wildman–Crippen LogP) is 3.82. The van der Waals surface area contributed by atoms with E-state index in [1.54, 1.807) is 0 Å². The van der Waals surface area contributed by atoms with Crippen molar-refractivity contribution in [3.8, 4) is 0 Å². The van der Waals surface area contributed by atoms with E-state index in [1.165, 1.54) is 30.8 Å². The molecular weight excluding hydrogens is 288 g/mol. The highest BCUT2D eigenvalue weighted by Gasteiger charge is 2.19. The summed E-state index contributed by atoms with van der Waals surface area (Å²) in [6, 6.07) is 8.60. The molecule has 1 aromatic carbocycles. The highest BCUT2D eigenvalue weighted by atomic mass is 35.5. The first-order valence-electron chi connectivity index (χ1n) is 7.49. The van der Waals surface area contributed by atoms with Gasteiger partial charge in [0.05, 0.1) is 0 Å². The lowest BCUT2D eigenvalue weighted by Gasteiger charge is -2.32. The predicted molar refractivity (Wildman–Crippen MR) is 90.8 cm³/mol. The maximum atomic E-state index is 6.09. The molecule has 2 atom stereocenters. The molecule has 0 aliphatic carbocycles. The van der Waals surface area contributed by atoms with Crippen LogP contribution in [0.5, 0.6) is 0 Å². The highest BCUT2D eigenvalue weighted by Crippen LogP contribution is 2.24. The van der Waals surface area contributed by atoms with Crippen molar-refractivity contribution in [3.63, 3.8) is 0 Å². The average Bonchev–Trinajstić information content (AvgIpc) is 2.48. The van der Waals surface area contributed by atoms with Crippen LogP contribution >= 0.6 is 23.4 Å². The van der Waals surface area contributed by atoms with Crippen molar-refractivity contribution in [2.75, 3.05) is 32.4 Å². The zero-order chi connectivity index (χ0) is 14.4. The summed E-state index contributed by atoms with van der Waals surface area (Å²) in [6.07, 6.45) is 2.42. The molecule has 1 aliphatic rings. The summed E-state index contributed by atoms with van der Waals surface area (Å²) in [5.74, 6) is 1.28. The van der Waals surface area contributed by atoms with Crippen LogP contribution in [0.15, 0.2) is 24.3 Å². The Morgan fingerprint density at radius 3 is 3.05 bits per heavy atom. The molecule has 0 aromatic heterocycles. The van der Waals surface area contributed by atoms with Gasteiger partial charge in [-0.25, -0.2) is 0 Å². The number of hydrogen-bond acceptors (Lipinski definition) is 3. The van der Waals surface area contributed by atoms with E-state index >= 15 is 0 Å². The van der Waals surface area contributed by atoms with Crippen molar-refractivity contribution < 1.29 is 0 Å². The number of benzene rings is 1. The molecule has 0 spiro atoms. The van der Waals surface area contributed by atoms with Gasteiger partial charge in [0.15, 0.2) is 0 Å². The number of halogens is 1. The van der Waals surface area contributed by atoms with Gasteiger partial charge in [0, 0.05) is 41.7 Å². The molecule has 1 aliphatic heterocycles. The van der Waals surface area contributed by atoms with E-state index in [-0.39, 0.29) is 0 Å². The molecule has 0 amide bonds. The van der Waals surface area contributed by atoms with Gasteiger partial charge in [-0.3, -0.25) is 0 Å². The zero-order valence-corrected chi connectivity index (χ0v) is 14.0. The molecule has 2 unspecified atom stereocenters. The Balaban J connectivity index is 1.87. The SMILES string of the molecule is CCC1CN(CCC(NC)c2cccc(Cl)c2)CCS1. The summed E-state index contributed by atoms with van der Waals surface area (Å²) in [6.45, 7) is 5.93. The minimum absolute atomic E-state index is 0.392. The van der Waals surface area contributed by atoms with Gasteiger partial charge < -0.3 is 10.2 Å². The molecule has 1 N–H and O–H groups in total. The second kappa shape index (κ2) is 8.28. The summed E-state index contributed by atoms with van der Waals surface area (Å²) in [4.78, 5) is 2.61. The van der Waals surface area contributed by atoms with Gasteiger partial charge in [0.25, 0.3) is 0 Å². The smallest absolute Gasteiger partial charge is 0.0409 e. The minimum Gasteiger partial charge on any atom is -0.313 e. The van der Waals surface area contributed by atoms with Gasteiger partial charge in [-0.2, -0.15) is 11.8 Å². The molecule has 0 saturated carbocycles. The van der Waals surface area contributed by atoms with Crippen molar-refractivity contribution in [3.05, 3.63) is 34.9 Å². The topological polar surface area (TPSA) is 15.3 Å². The highest BCUT2D eigenvalue weighted by molar-refractivity contribution is 8.00. The number of hydrogen-bond donors (Lipinski definition) is 1. The van der Waals surface area contributed by atoms with Crippen LogP contribution in [0.3, 0.4) is 0 Å². The van der Waals surface area contributed by atoms with Crippen molar-refractivity contribution >= 4 is 23.4 Å². The van der Waals surface area contributed by atoms with Gasteiger partial charge in [-0.1, -0.05) is 30.7 Å². The van der Waals surface area contributed by atoms with Gasteiger partial charge >= 0.3 is 0 Å². The van der Waals surface area contributed by atoms with E-state index in [9.17, 15) is 0 Å². The van der Waals surface area contributed by atoms with Gasteiger partial charge in [0.1, 0.15) is 0 Å². The Labute approximate surface area is 132 Å². The quantitative estimate of drug-likeness (QED) is 0.859. The fraction of sp³-hybridized carbons (Fsp3) is 0.625. The fourth-order valence-corrected chi connectivity index (χ4v) is 4.19. The standard InChI is InChI=1S/C16H25ClN2S/c1-3-15-12-19(9-10-20-15)8-7-16(18-2)13-5-4-6-14(17)11-13/h4-6,11,15-16,18H,3,7-10,12H2,1-2H3. The summed E-state index contributed by atoms with van der Waals surface area (Å²) >= 11 is 8.22. The Kier molecular flexibility index (Phi) is 6.69. The third kappa shape index (κ3) is 4.66. The molecule has 1 saturated heterocycles. The van der Waals surface area contributed by atoms with E-state index in [0.717, 1.165) is 23.2 Å². The first-order chi connectivity index (χ1) is 9.72. The van der Waals surface area contributed by atoms with Crippen LogP contribution in [0, 0.1) is 0 Å². The fourth-order valence-electron chi connectivity index (χ4n) is 2.74. The zero-order valence-electron chi connectivity index (χ0n) is 12.4. The van der Waals surface area contributed by atoms with Crippen LogP contribution in [-0.4, -0.2) is 42.6 Å². The first-order valence-corrected chi connectivity index (χ1v) is 8.92. The average molecular weight is 313 g/mol. The lowest BCUT2D eigenvalue weighted by molar-refractivity contribution is 0.265. The normalized spacial score (nSPS) is 21.9. The van der Waals surface area contributed by atoms with Crippen molar-refractivity contribution in [1.29, 1.82) is 0 Å². The summed E-state index contributed by atoms with van der Waals surface area (Å²) in [7, 11) is 2.03. The number of thioether (sulfide) groups is 1. The Bertz CT molecular complexity index is 413. The summed E-state index contributed by atoms with van der Waals surface area (Å²) in [5.41, 5.74) is 1.29. The van der Waals surface area contributed by atoms with Crippen molar-refractivity contribution in [2.24, 2.45) is 0 Å². The molecule has 20 heavy (non-hydrogen) atoms. The minimum atomic E-state index is 0.392. The molecular formula is C16H25ClN2S. The Morgan fingerprint density at radius 1 is 1.50 bits per heavy atom. The monoisotopic (exact) mass is 312 g/mol. The van der Waals surface area contributed by atoms with Crippen LogP contribution in [-0.2, 0) is 0 Å². The lowest BCUT2D eigenvalue weighted by Crippen LogP contribution is -2.39. The van der Waals surface area contributed by atoms with Gasteiger partial charge in [0.2, 0.25) is 0 Å². The number of nitrogens with one attached hydrogen (secondary N) is 1. The number of nitrogens with zero attached hydrogens (tertiary/aromatic N) is 1. The first kappa shape index (κ1) is 16.2. The third-order valence-corrected chi connectivity index (χ3v) is 5.62. The van der Waals surface area contributed by atoms with E-state index < -0.39 is 0 Å². The van der Waals surface area contributed by atoms with Crippen LogP contribution in [0.25, 0.3) is 0 Å². The lowest BCUT2D eigenvalue weighted by atomic mass is 10.0. The Morgan fingerprint density at radius 2 is 2.35 bits per heavy atom. The van der Waals surface area contributed by atoms with Crippen LogP contribution in [0.1, 0.15) is 31.4 Å². The van der Waals surface area contributed by atoms with E-state index in [1.807, 2.05) is 19.2 Å². The third-order valence-electron chi connectivity index (χ3n) is 4.01. The number of rotatable bonds is 6. The van der Waals surface area contributed by atoms with Crippen molar-refractivity contribution in [2.45, 2.75) is 31.1 Å². The molecule has 1 heterocycles. The Hall–Kier alpha value is -0.220. The maximum Gasteiger partial charge on any atom is 0.0409 e. The van der Waals surface area contributed by atoms with E-state index in [2.05, 4.69) is 41.0 Å². The molecule has 4 heteroatoms. The second-order valence-electron chi connectivity index (χ2n) is 5.39. The van der Waals surface area contributed by atoms with Crippen LogP contribution < -0.4 is 5.32 Å². The van der Waals surface area contributed by atoms with Crippen molar-refractivity contribution in [1.82, 2.24) is 10.2 Å². The molecule has 2 nitrogen and oxygen atoms in total. The molecule has 0 radical (unpaired) electrons. The maximum absolute atomic E-state index is 6.09. The van der Waals surface area contributed by atoms with E-state index in [0.29, 0.717) is 6.04 Å². The van der Waals surface area contributed by atoms with Crippen LogP contribution in [0.2, 0.25) is 5.02 Å². The van der Waals surface area contributed by atoms with E-state index in [4.69, 9.17) is 11.6 Å². The van der Waals surface area contributed by atoms with Crippen LogP contribution in [0.4, 0.5) is 0 Å². The molecule has 1 aromatic rings. The van der Waals surface area contributed by atoms with Gasteiger partial charge in [-0.05, 0) is 37.6 Å². The van der Waals surface area contributed by atoms with Gasteiger partial charge in [-0.15, -0.1) is 0 Å². The molecule has 112 valence electrons. The molecule has 2 rings (SSSR count).